The monoisotopic (exact) mass is 432 g/mol. The van der Waals surface area contributed by atoms with E-state index in [9.17, 15) is 14.4 Å². The van der Waals surface area contributed by atoms with Crippen LogP contribution in [-0.4, -0.2) is 65.2 Å². The van der Waals surface area contributed by atoms with E-state index < -0.39 is 6.61 Å². The first-order valence-electron chi connectivity index (χ1n) is 10.7. The third kappa shape index (κ3) is 6.83. The lowest BCUT2D eigenvalue weighted by atomic mass is 10.1. The van der Waals surface area contributed by atoms with Gasteiger partial charge >= 0.3 is 0 Å². The summed E-state index contributed by atoms with van der Waals surface area (Å²) in [5, 5.41) is 8.73. The van der Waals surface area contributed by atoms with Crippen LogP contribution < -0.4 is 0 Å². The van der Waals surface area contributed by atoms with E-state index in [-0.39, 0.29) is 17.5 Å². The van der Waals surface area contributed by atoms with Gasteiger partial charge in [0.1, 0.15) is 6.61 Å². The van der Waals surface area contributed by atoms with Crippen LogP contribution in [0.2, 0.25) is 0 Å². The van der Waals surface area contributed by atoms with Crippen molar-refractivity contribution in [2.75, 3.05) is 32.8 Å². The molecule has 0 bridgehead atoms. The van der Waals surface area contributed by atoms with Crippen LogP contribution in [0.25, 0.3) is 12.2 Å². The molecule has 1 saturated heterocycles. The SMILES string of the molecule is CC(=O)N1CCN(Cc2ccc(C(=O)/C=C/c3ccc(/C=C/C(=O)CO)cc3)cc2)CC1. The Morgan fingerprint density at radius 2 is 1.41 bits per heavy atom. The number of rotatable bonds is 8. The molecule has 1 aliphatic rings. The molecule has 6 nitrogen and oxygen atoms in total. The number of hydrogen-bond donors (Lipinski definition) is 1. The molecule has 0 radical (unpaired) electrons. The molecular weight excluding hydrogens is 404 g/mol. The third-order valence-electron chi connectivity index (χ3n) is 5.44. The van der Waals surface area contributed by atoms with E-state index in [1.807, 2.05) is 53.4 Å². The summed E-state index contributed by atoms with van der Waals surface area (Å²) in [6.45, 7) is 5.14. The minimum absolute atomic E-state index is 0.0656. The molecule has 1 fully saturated rings. The molecule has 1 heterocycles. The Balaban J connectivity index is 1.52. The van der Waals surface area contributed by atoms with E-state index in [2.05, 4.69) is 4.90 Å². The highest BCUT2D eigenvalue weighted by atomic mass is 16.3. The molecule has 0 unspecified atom stereocenters. The molecule has 32 heavy (non-hydrogen) atoms. The quantitative estimate of drug-likeness (QED) is 0.513. The maximum Gasteiger partial charge on any atom is 0.219 e. The summed E-state index contributed by atoms with van der Waals surface area (Å²) in [5.74, 6) is -0.284. The van der Waals surface area contributed by atoms with Crippen molar-refractivity contribution in [1.82, 2.24) is 9.80 Å². The second-order valence-corrected chi connectivity index (χ2v) is 7.80. The van der Waals surface area contributed by atoms with Crippen molar-refractivity contribution in [3.8, 4) is 0 Å². The summed E-state index contributed by atoms with van der Waals surface area (Å²) in [6, 6.07) is 15.1. The van der Waals surface area contributed by atoms with Gasteiger partial charge in [0.25, 0.3) is 0 Å². The van der Waals surface area contributed by atoms with Gasteiger partial charge in [-0.15, -0.1) is 0 Å². The summed E-state index contributed by atoms with van der Waals surface area (Å²) in [7, 11) is 0. The van der Waals surface area contributed by atoms with Crippen LogP contribution in [-0.2, 0) is 16.1 Å². The first-order valence-corrected chi connectivity index (χ1v) is 10.7. The fourth-order valence-corrected chi connectivity index (χ4v) is 3.48. The van der Waals surface area contributed by atoms with Gasteiger partial charge < -0.3 is 10.0 Å². The maximum absolute atomic E-state index is 12.5. The molecule has 166 valence electrons. The number of amides is 1. The van der Waals surface area contributed by atoms with E-state index >= 15 is 0 Å². The van der Waals surface area contributed by atoms with Gasteiger partial charge in [0.2, 0.25) is 5.91 Å². The number of piperazine rings is 1. The third-order valence-corrected chi connectivity index (χ3v) is 5.44. The van der Waals surface area contributed by atoms with Crippen molar-refractivity contribution in [2.45, 2.75) is 13.5 Å². The minimum atomic E-state index is -0.501. The van der Waals surface area contributed by atoms with Crippen molar-refractivity contribution in [1.29, 1.82) is 0 Å². The number of benzene rings is 2. The Morgan fingerprint density at radius 1 is 0.844 bits per heavy atom. The number of aliphatic hydroxyl groups excluding tert-OH is 1. The first kappa shape index (κ1) is 23.3. The summed E-state index contributed by atoms with van der Waals surface area (Å²) >= 11 is 0. The van der Waals surface area contributed by atoms with Crippen LogP contribution in [0.3, 0.4) is 0 Å². The fourth-order valence-electron chi connectivity index (χ4n) is 3.48. The number of carbonyl (C=O) groups is 3. The first-order chi connectivity index (χ1) is 15.4. The highest BCUT2D eigenvalue weighted by Gasteiger charge is 2.18. The van der Waals surface area contributed by atoms with Gasteiger partial charge in [-0.1, -0.05) is 60.7 Å². The average Bonchev–Trinajstić information content (AvgIpc) is 2.82. The second kappa shape index (κ2) is 11.3. The van der Waals surface area contributed by atoms with Gasteiger partial charge in [0, 0.05) is 45.2 Å². The Bertz CT molecular complexity index is 999. The molecule has 0 spiro atoms. The number of aliphatic hydroxyl groups is 1. The molecule has 0 aromatic heterocycles. The molecule has 0 aliphatic carbocycles. The second-order valence-electron chi connectivity index (χ2n) is 7.80. The molecule has 1 amide bonds. The summed E-state index contributed by atoms with van der Waals surface area (Å²) < 4.78 is 0. The minimum Gasteiger partial charge on any atom is -0.388 e. The predicted octanol–water partition coefficient (Wildman–Crippen LogP) is 2.82. The summed E-state index contributed by atoms with van der Waals surface area (Å²) in [5.41, 5.74) is 3.50. The molecule has 1 N–H and O–H groups in total. The molecular formula is C26H28N2O4. The van der Waals surface area contributed by atoms with Gasteiger partial charge in [-0.2, -0.15) is 0 Å². The molecule has 0 atom stereocenters. The van der Waals surface area contributed by atoms with Gasteiger partial charge in [-0.3, -0.25) is 19.3 Å². The number of nitrogens with zero attached hydrogens (tertiary/aromatic N) is 2. The standard InChI is InChI=1S/C26H28N2O4/c1-20(30)28-16-14-27(15-17-28)18-23-6-10-24(11-7-23)26(32)13-9-22-4-2-21(3-5-22)8-12-25(31)19-29/h2-13,29H,14-19H2,1H3/b12-8+,13-9+. The largest absolute Gasteiger partial charge is 0.388 e. The van der Waals surface area contributed by atoms with E-state index in [0.717, 1.165) is 49.4 Å². The number of allylic oxidation sites excluding steroid dienone is 1. The number of ketones is 2. The van der Waals surface area contributed by atoms with Crippen molar-refractivity contribution < 1.29 is 19.5 Å². The van der Waals surface area contributed by atoms with Crippen molar-refractivity contribution in [2.24, 2.45) is 0 Å². The Morgan fingerprint density at radius 3 is 1.94 bits per heavy atom. The zero-order valence-electron chi connectivity index (χ0n) is 18.2. The lowest BCUT2D eigenvalue weighted by molar-refractivity contribution is -0.130. The summed E-state index contributed by atoms with van der Waals surface area (Å²) in [6.07, 6.45) is 6.29. The van der Waals surface area contributed by atoms with Crippen molar-refractivity contribution in [3.63, 3.8) is 0 Å². The molecule has 0 saturated carbocycles. The van der Waals surface area contributed by atoms with Crippen LogP contribution in [0.4, 0.5) is 0 Å². The maximum atomic E-state index is 12.5. The van der Waals surface area contributed by atoms with E-state index in [1.165, 1.54) is 6.08 Å². The Kier molecular flexibility index (Phi) is 8.25. The smallest absolute Gasteiger partial charge is 0.219 e. The van der Waals surface area contributed by atoms with Crippen LogP contribution in [0.15, 0.2) is 60.7 Å². The van der Waals surface area contributed by atoms with Crippen LogP contribution in [0.1, 0.15) is 34.0 Å². The van der Waals surface area contributed by atoms with Gasteiger partial charge in [-0.05, 0) is 28.8 Å². The van der Waals surface area contributed by atoms with Crippen molar-refractivity contribution in [3.05, 3.63) is 82.9 Å². The molecule has 2 aromatic rings. The topological polar surface area (TPSA) is 77.9 Å². The highest BCUT2D eigenvalue weighted by molar-refractivity contribution is 6.06. The normalized spacial score (nSPS) is 14.9. The molecule has 1 aliphatic heterocycles. The van der Waals surface area contributed by atoms with Crippen molar-refractivity contribution >= 4 is 29.6 Å². The Labute approximate surface area is 188 Å². The van der Waals surface area contributed by atoms with E-state index in [1.54, 1.807) is 25.2 Å². The lowest BCUT2D eigenvalue weighted by Crippen LogP contribution is -2.47. The Hall–Kier alpha value is -3.35. The van der Waals surface area contributed by atoms with Crippen LogP contribution in [0.5, 0.6) is 0 Å². The lowest BCUT2D eigenvalue weighted by Gasteiger charge is -2.34. The fraction of sp³-hybridized carbons (Fsp3) is 0.269. The van der Waals surface area contributed by atoms with E-state index in [4.69, 9.17) is 5.11 Å². The van der Waals surface area contributed by atoms with Crippen LogP contribution in [0, 0.1) is 0 Å². The zero-order chi connectivity index (χ0) is 22.9. The zero-order valence-corrected chi connectivity index (χ0v) is 18.2. The summed E-state index contributed by atoms with van der Waals surface area (Å²) in [4.78, 5) is 39.2. The molecule has 6 heteroatoms. The van der Waals surface area contributed by atoms with Gasteiger partial charge in [0.05, 0.1) is 0 Å². The predicted molar refractivity (Wildman–Crippen MR) is 125 cm³/mol. The van der Waals surface area contributed by atoms with Crippen LogP contribution >= 0.6 is 0 Å². The molecule has 2 aromatic carbocycles. The van der Waals surface area contributed by atoms with Gasteiger partial charge in [-0.25, -0.2) is 0 Å². The van der Waals surface area contributed by atoms with E-state index in [0.29, 0.717) is 5.56 Å². The number of carbonyl (C=O) groups excluding carboxylic acids is 3. The number of hydrogen-bond acceptors (Lipinski definition) is 5. The highest BCUT2D eigenvalue weighted by Crippen LogP contribution is 2.13. The average molecular weight is 433 g/mol. The molecule has 3 rings (SSSR count). The van der Waals surface area contributed by atoms with Gasteiger partial charge in [0.15, 0.2) is 11.6 Å².